The number of nitrogens with one attached hydrogen (secondary N) is 1. The van der Waals surface area contributed by atoms with Gasteiger partial charge in [-0.2, -0.15) is 4.98 Å². The molecule has 0 bridgehead atoms. The fourth-order valence-corrected chi connectivity index (χ4v) is 3.59. The summed E-state index contributed by atoms with van der Waals surface area (Å²) in [4.78, 5) is 6.25. The highest BCUT2D eigenvalue weighted by Crippen LogP contribution is 2.33. The van der Waals surface area contributed by atoms with Crippen molar-refractivity contribution in [1.29, 1.82) is 0 Å². The molecule has 0 saturated carbocycles. The van der Waals surface area contributed by atoms with Gasteiger partial charge in [-0.15, -0.1) is 5.10 Å². The molecule has 0 aliphatic carbocycles. The van der Waals surface area contributed by atoms with Crippen LogP contribution in [0.4, 0.5) is 20.4 Å². The summed E-state index contributed by atoms with van der Waals surface area (Å²) in [5.74, 6) is -1.08. The zero-order chi connectivity index (χ0) is 19.9. The van der Waals surface area contributed by atoms with E-state index in [2.05, 4.69) is 20.3 Å². The van der Waals surface area contributed by atoms with Crippen LogP contribution >= 0.6 is 0 Å². The van der Waals surface area contributed by atoms with Crippen molar-refractivity contribution in [3.05, 3.63) is 65.5 Å². The van der Waals surface area contributed by atoms with Crippen molar-refractivity contribution in [3.63, 3.8) is 0 Å². The monoisotopic (exact) mass is 385 g/mol. The number of aliphatic hydroxyl groups is 1. The number of anilines is 2. The Kier molecular flexibility index (Phi) is 4.60. The first-order valence-corrected chi connectivity index (χ1v) is 8.99. The van der Waals surface area contributed by atoms with Gasteiger partial charge in [-0.1, -0.05) is 6.07 Å². The van der Waals surface area contributed by atoms with Gasteiger partial charge in [-0.25, -0.2) is 13.5 Å². The van der Waals surface area contributed by atoms with Crippen molar-refractivity contribution >= 4 is 11.6 Å². The SMILES string of the molecule is Cc1cc(Nc2ncn(-c3cc(F)cc(F)c3)n2)cc(C2(O)CCN(C)C2)c1. The summed E-state index contributed by atoms with van der Waals surface area (Å²) in [5.41, 5.74) is 1.93. The lowest BCUT2D eigenvalue weighted by Gasteiger charge is -2.24. The summed E-state index contributed by atoms with van der Waals surface area (Å²) in [5, 5.41) is 18.3. The van der Waals surface area contributed by atoms with Crippen LogP contribution in [0.1, 0.15) is 17.5 Å². The molecule has 1 aromatic heterocycles. The molecule has 1 saturated heterocycles. The number of hydrogen-bond donors (Lipinski definition) is 2. The summed E-state index contributed by atoms with van der Waals surface area (Å²) in [7, 11) is 1.98. The van der Waals surface area contributed by atoms with Crippen molar-refractivity contribution in [2.24, 2.45) is 0 Å². The fraction of sp³-hybridized carbons (Fsp3) is 0.300. The first-order valence-electron chi connectivity index (χ1n) is 8.99. The van der Waals surface area contributed by atoms with E-state index in [1.54, 1.807) is 0 Å². The third kappa shape index (κ3) is 3.74. The average Bonchev–Trinajstić information content (AvgIpc) is 3.21. The number of hydrogen-bond acceptors (Lipinski definition) is 5. The van der Waals surface area contributed by atoms with Gasteiger partial charge in [-0.3, -0.25) is 0 Å². The second-order valence-corrected chi connectivity index (χ2v) is 7.37. The number of likely N-dealkylation sites (tertiary alicyclic amines) is 1. The van der Waals surface area contributed by atoms with Crippen molar-refractivity contribution in [2.45, 2.75) is 18.9 Å². The molecule has 146 valence electrons. The Morgan fingerprint density at radius 2 is 1.86 bits per heavy atom. The summed E-state index contributed by atoms with van der Waals surface area (Å²) < 4.78 is 28.1. The Bertz CT molecular complexity index is 1000. The normalized spacial score (nSPS) is 19.9. The lowest BCUT2D eigenvalue weighted by Crippen LogP contribution is -2.29. The number of β-amino-alcohol motifs (C(OH)–C–C–N with tert-alkyl or cyclic N) is 1. The number of likely N-dealkylation sites (N-methyl/N-ethyl adjacent to an activating group) is 1. The van der Waals surface area contributed by atoms with Crippen LogP contribution in [-0.4, -0.2) is 44.9 Å². The van der Waals surface area contributed by atoms with Gasteiger partial charge in [0.05, 0.1) is 5.69 Å². The van der Waals surface area contributed by atoms with E-state index in [-0.39, 0.29) is 11.6 Å². The van der Waals surface area contributed by atoms with E-state index in [0.29, 0.717) is 13.0 Å². The number of nitrogens with zero attached hydrogens (tertiary/aromatic N) is 4. The van der Waals surface area contributed by atoms with E-state index >= 15 is 0 Å². The second-order valence-electron chi connectivity index (χ2n) is 7.37. The van der Waals surface area contributed by atoms with E-state index < -0.39 is 17.2 Å². The Morgan fingerprint density at radius 1 is 1.11 bits per heavy atom. The van der Waals surface area contributed by atoms with Crippen LogP contribution in [0.25, 0.3) is 5.69 Å². The van der Waals surface area contributed by atoms with E-state index in [0.717, 1.165) is 29.4 Å². The van der Waals surface area contributed by atoms with Crippen molar-refractivity contribution in [3.8, 4) is 5.69 Å². The summed E-state index contributed by atoms with van der Waals surface area (Å²) in [6.07, 6.45) is 2.05. The summed E-state index contributed by atoms with van der Waals surface area (Å²) >= 11 is 0. The maximum Gasteiger partial charge on any atom is 0.246 e. The average molecular weight is 385 g/mol. The minimum absolute atomic E-state index is 0.242. The highest BCUT2D eigenvalue weighted by molar-refractivity contribution is 5.57. The highest BCUT2D eigenvalue weighted by Gasteiger charge is 2.36. The van der Waals surface area contributed by atoms with Crippen LogP contribution in [0.15, 0.2) is 42.7 Å². The van der Waals surface area contributed by atoms with Gasteiger partial charge in [0.15, 0.2) is 0 Å². The molecule has 2 heterocycles. The molecule has 0 amide bonds. The first kappa shape index (κ1) is 18.5. The lowest BCUT2D eigenvalue weighted by atomic mass is 9.91. The van der Waals surface area contributed by atoms with Crippen molar-refractivity contribution < 1.29 is 13.9 Å². The molecule has 28 heavy (non-hydrogen) atoms. The second kappa shape index (κ2) is 6.96. The summed E-state index contributed by atoms with van der Waals surface area (Å²) in [6, 6.07) is 8.95. The molecule has 2 N–H and O–H groups in total. The number of halogens is 2. The number of rotatable bonds is 4. The molecular formula is C20H21F2N5O. The molecule has 4 rings (SSSR count). The molecule has 2 aromatic carbocycles. The van der Waals surface area contributed by atoms with E-state index in [1.807, 2.05) is 32.2 Å². The number of aryl methyl sites for hydroxylation is 1. The predicted octanol–water partition coefficient (Wildman–Crippen LogP) is 3.12. The zero-order valence-electron chi connectivity index (χ0n) is 15.7. The molecule has 1 aliphatic heterocycles. The standard InChI is InChI=1S/C20H21F2N5O/c1-13-5-14(20(28)3-4-26(2)11-20)7-17(6-13)24-19-23-12-27(25-19)18-9-15(21)8-16(22)10-18/h5-10,12,28H,3-4,11H2,1-2H3,(H,24,25). The van der Waals surface area contributed by atoms with E-state index in [4.69, 9.17) is 0 Å². The first-order chi connectivity index (χ1) is 13.3. The number of benzene rings is 2. The zero-order valence-corrected chi connectivity index (χ0v) is 15.7. The van der Waals surface area contributed by atoms with Crippen LogP contribution in [0.2, 0.25) is 0 Å². The molecule has 1 aliphatic rings. The van der Waals surface area contributed by atoms with Crippen LogP contribution in [0, 0.1) is 18.6 Å². The van der Waals surface area contributed by atoms with E-state index in [9.17, 15) is 13.9 Å². The van der Waals surface area contributed by atoms with Crippen LogP contribution in [0.3, 0.4) is 0 Å². The van der Waals surface area contributed by atoms with Gasteiger partial charge < -0.3 is 15.3 Å². The maximum absolute atomic E-state index is 13.4. The van der Waals surface area contributed by atoms with Gasteiger partial charge in [0.2, 0.25) is 5.95 Å². The predicted molar refractivity (Wildman–Crippen MR) is 102 cm³/mol. The van der Waals surface area contributed by atoms with Gasteiger partial charge in [-0.05, 0) is 55.8 Å². The molecule has 3 aromatic rings. The minimum atomic E-state index is -0.886. The van der Waals surface area contributed by atoms with Gasteiger partial charge in [0, 0.05) is 24.8 Å². The molecule has 1 unspecified atom stereocenters. The molecule has 6 nitrogen and oxygen atoms in total. The molecule has 8 heteroatoms. The Morgan fingerprint density at radius 3 is 2.54 bits per heavy atom. The quantitative estimate of drug-likeness (QED) is 0.722. The van der Waals surface area contributed by atoms with Gasteiger partial charge >= 0.3 is 0 Å². The van der Waals surface area contributed by atoms with Gasteiger partial charge in [0.25, 0.3) is 0 Å². The maximum atomic E-state index is 13.4. The Hall–Kier alpha value is -2.84. The molecule has 1 atom stereocenters. The van der Waals surface area contributed by atoms with Crippen molar-refractivity contribution in [1.82, 2.24) is 19.7 Å². The largest absolute Gasteiger partial charge is 0.384 e. The lowest BCUT2D eigenvalue weighted by molar-refractivity contribution is 0.0489. The van der Waals surface area contributed by atoms with Gasteiger partial charge in [0.1, 0.15) is 23.6 Å². The topological polar surface area (TPSA) is 66.2 Å². The third-order valence-corrected chi connectivity index (χ3v) is 4.91. The van der Waals surface area contributed by atoms with Crippen LogP contribution < -0.4 is 5.32 Å². The van der Waals surface area contributed by atoms with Crippen molar-refractivity contribution in [2.75, 3.05) is 25.5 Å². The molecule has 0 radical (unpaired) electrons. The summed E-state index contributed by atoms with van der Waals surface area (Å²) in [6.45, 7) is 3.37. The van der Waals surface area contributed by atoms with E-state index in [1.165, 1.54) is 23.1 Å². The smallest absolute Gasteiger partial charge is 0.246 e. The molecule has 0 spiro atoms. The Labute approximate surface area is 161 Å². The molecule has 1 fully saturated rings. The fourth-order valence-electron chi connectivity index (χ4n) is 3.59. The minimum Gasteiger partial charge on any atom is -0.384 e. The van der Waals surface area contributed by atoms with Crippen LogP contribution in [-0.2, 0) is 5.60 Å². The van der Waals surface area contributed by atoms with Crippen LogP contribution in [0.5, 0.6) is 0 Å². The molecular weight excluding hydrogens is 364 g/mol. The Balaban J connectivity index is 1.59. The third-order valence-electron chi connectivity index (χ3n) is 4.91. The number of aromatic nitrogens is 3. The highest BCUT2D eigenvalue weighted by atomic mass is 19.1.